The molecule has 0 saturated carbocycles. The van der Waals surface area contributed by atoms with Crippen LogP contribution in [0.3, 0.4) is 0 Å². The van der Waals surface area contributed by atoms with E-state index in [4.69, 9.17) is 9.47 Å². The van der Waals surface area contributed by atoms with E-state index in [9.17, 15) is 0 Å². The fourth-order valence-electron chi connectivity index (χ4n) is 3.71. The minimum absolute atomic E-state index is 0.0760. The van der Waals surface area contributed by atoms with Crippen molar-refractivity contribution in [1.82, 2.24) is 0 Å². The molecule has 1 atom stereocenters. The van der Waals surface area contributed by atoms with E-state index in [2.05, 4.69) is 52.2 Å². The summed E-state index contributed by atoms with van der Waals surface area (Å²) in [5.74, 6) is 1.72. The molecule has 0 heterocycles. The van der Waals surface area contributed by atoms with Crippen LogP contribution in [0.2, 0.25) is 0 Å². The number of benzene rings is 2. The van der Waals surface area contributed by atoms with Crippen LogP contribution in [0, 0.1) is 5.92 Å². The number of aryl methyl sites for hydroxylation is 1. The molecule has 0 fully saturated rings. The second-order valence-electron chi connectivity index (χ2n) is 9.22. The third kappa shape index (κ3) is 8.49. The zero-order valence-electron chi connectivity index (χ0n) is 19.8. The highest BCUT2D eigenvalue weighted by Gasteiger charge is 2.31. The minimum atomic E-state index is -0.0760. The Morgan fingerprint density at radius 1 is 0.867 bits per heavy atom. The van der Waals surface area contributed by atoms with Crippen LogP contribution >= 0.6 is 0 Å². The Bertz CT molecular complexity index is 695. The molecular weight excluding hydrogens is 370 g/mol. The number of nitrogens with zero attached hydrogens (tertiary/aromatic N) is 1. The van der Waals surface area contributed by atoms with Gasteiger partial charge in [0.2, 0.25) is 0 Å². The summed E-state index contributed by atoms with van der Waals surface area (Å²) in [7, 11) is 4.44. The van der Waals surface area contributed by atoms with Gasteiger partial charge in [-0.25, -0.2) is 0 Å². The van der Waals surface area contributed by atoms with Crippen molar-refractivity contribution in [3.63, 3.8) is 0 Å². The summed E-state index contributed by atoms with van der Waals surface area (Å²) in [5.41, 5.74) is 2.63. The van der Waals surface area contributed by atoms with Gasteiger partial charge in [-0.1, -0.05) is 63.4 Å². The van der Waals surface area contributed by atoms with Crippen LogP contribution in [0.25, 0.3) is 0 Å². The van der Waals surface area contributed by atoms with Crippen LogP contribution in [0.5, 0.6) is 5.75 Å². The summed E-state index contributed by atoms with van der Waals surface area (Å²) >= 11 is 0. The Balaban J connectivity index is 2.05. The minimum Gasteiger partial charge on any atom is -0.438 e. The molecule has 30 heavy (non-hydrogen) atoms. The normalized spacial score (nSPS) is 12.9. The quantitative estimate of drug-likeness (QED) is 0.197. The lowest BCUT2D eigenvalue weighted by atomic mass is 10.0. The van der Waals surface area contributed by atoms with Gasteiger partial charge in [-0.2, -0.15) is 0 Å². The summed E-state index contributed by atoms with van der Waals surface area (Å²) in [6.07, 6.45) is 6.35. The molecule has 3 heteroatoms. The molecular formula is C27H42NO2+. The van der Waals surface area contributed by atoms with Gasteiger partial charge in [0.25, 0.3) is 6.23 Å². The summed E-state index contributed by atoms with van der Waals surface area (Å²) < 4.78 is 12.8. The number of quaternary nitrogens is 1. The average Bonchev–Trinajstić information content (AvgIpc) is 2.73. The number of likely N-dealkylation sites (N-methyl/N-ethyl adjacent to an activating group) is 1. The Morgan fingerprint density at radius 2 is 1.57 bits per heavy atom. The second kappa shape index (κ2) is 12.8. The predicted octanol–water partition coefficient (Wildman–Crippen LogP) is 6.64. The van der Waals surface area contributed by atoms with E-state index in [0.717, 1.165) is 37.8 Å². The molecule has 0 N–H and O–H groups in total. The average molecular weight is 413 g/mol. The summed E-state index contributed by atoms with van der Waals surface area (Å²) in [6, 6.07) is 19.2. The highest BCUT2D eigenvalue weighted by atomic mass is 16.5. The van der Waals surface area contributed by atoms with E-state index in [-0.39, 0.29) is 6.23 Å². The number of para-hydroxylation sites is 1. The molecule has 0 bridgehead atoms. The first-order chi connectivity index (χ1) is 14.4. The van der Waals surface area contributed by atoms with Crippen LogP contribution in [0.1, 0.15) is 63.8 Å². The van der Waals surface area contributed by atoms with Crippen molar-refractivity contribution in [2.24, 2.45) is 5.92 Å². The molecule has 0 aromatic heterocycles. The second-order valence-corrected chi connectivity index (χ2v) is 9.22. The van der Waals surface area contributed by atoms with Crippen LogP contribution in [-0.4, -0.2) is 38.3 Å². The zero-order valence-corrected chi connectivity index (χ0v) is 19.8. The van der Waals surface area contributed by atoms with Gasteiger partial charge in [-0.15, -0.1) is 0 Å². The molecule has 2 aromatic carbocycles. The fourth-order valence-corrected chi connectivity index (χ4v) is 3.71. The lowest BCUT2D eigenvalue weighted by Crippen LogP contribution is -2.47. The molecule has 0 saturated heterocycles. The van der Waals surface area contributed by atoms with E-state index in [1.165, 1.54) is 36.8 Å². The first kappa shape index (κ1) is 24.4. The van der Waals surface area contributed by atoms with E-state index in [0.29, 0.717) is 4.48 Å². The van der Waals surface area contributed by atoms with Crippen LogP contribution < -0.4 is 4.74 Å². The highest BCUT2D eigenvalue weighted by molar-refractivity contribution is 5.26. The SMILES string of the molecule is CCOCC[N+](C)(C)C(Oc1ccccc1)c1ccc(CCCCCC(C)C)cc1. The molecule has 0 spiro atoms. The molecule has 166 valence electrons. The molecule has 2 rings (SSSR count). The first-order valence-electron chi connectivity index (χ1n) is 11.6. The van der Waals surface area contributed by atoms with Gasteiger partial charge in [0.05, 0.1) is 26.3 Å². The number of hydrogen-bond acceptors (Lipinski definition) is 2. The zero-order chi connectivity index (χ0) is 21.8. The number of ether oxygens (including phenoxy) is 2. The van der Waals surface area contributed by atoms with Gasteiger partial charge in [0.15, 0.2) is 0 Å². The summed E-state index contributed by atoms with van der Waals surface area (Å²) in [6.45, 7) is 9.02. The Hall–Kier alpha value is -1.84. The number of rotatable bonds is 14. The number of hydrogen-bond donors (Lipinski definition) is 0. The predicted molar refractivity (Wildman–Crippen MR) is 127 cm³/mol. The fraction of sp³-hybridized carbons (Fsp3) is 0.556. The Morgan fingerprint density at radius 3 is 2.20 bits per heavy atom. The van der Waals surface area contributed by atoms with Crippen molar-refractivity contribution in [2.75, 3.05) is 33.9 Å². The van der Waals surface area contributed by atoms with Gasteiger partial charge >= 0.3 is 0 Å². The van der Waals surface area contributed by atoms with Gasteiger partial charge in [-0.05, 0) is 55.5 Å². The van der Waals surface area contributed by atoms with Gasteiger partial charge in [0, 0.05) is 6.61 Å². The van der Waals surface area contributed by atoms with Gasteiger partial charge < -0.3 is 9.47 Å². The standard InChI is InChI=1S/C27H42NO2/c1-6-29-22-21-28(4,5)27(30-26-15-11-8-12-16-26)25-19-17-24(18-20-25)14-10-7-9-13-23(2)3/h8,11-12,15-20,23,27H,6-7,9-10,13-14,21-22H2,1-5H3/q+1. The molecule has 0 aliphatic heterocycles. The van der Waals surface area contributed by atoms with E-state index in [1.54, 1.807) is 0 Å². The highest BCUT2D eigenvalue weighted by Crippen LogP contribution is 2.29. The van der Waals surface area contributed by atoms with Crippen molar-refractivity contribution >= 4 is 0 Å². The summed E-state index contributed by atoms with van der Waals surface area (Å²) in [4.78, 5) is 0. The first-order valence-corrected chi connectivity index (χ1v) is 11.6. The van der Waals surface area contributed by atoms with Crippen LogP contribution in [-0.2, 0) is 11.2 Å². The molecule has 1 unspecified atom stereocenters. The van der Waals surface area contributed by atoms with Gasteiger partial charge in [-0.3, -0.25) is 4.48 Å². The van der Waals surface area contributed by atoms with Gasteiger partial charge in [0.1, 0.15) is 12.3 Å². The largest absolute Gasteiger partial charge is 0.438 e. The van der Waals surface area contributed by atoms with E-state index in [1.807, 2.05) is 37.3 Å². The van der Waals surface area contributed by atoms with Crippen molar-refractivity contribution in [3.05, 3.63) is 65.7 Å². The maximum absolute atomic E-state index is 6.49. The lowest BCUT2D eigenvalue weighted by Gasteiger charge is -2.37. The monoisotopic (exact) mass is 412 g/mol. The third-order valence-electron chi connectivity index (χ3n) is 5.65. The van der Waals surface area contributed by atoms with Crippen LogP contribution in [0.15, 0.2) is 54.6 Å². The summed E-state index contributed by atoms with van der Waals surface area (Å²) in [5, 5.41) is 0. The molecule has 0 radical (unpaired) electrons. The number of unbranched alkanes of at least 4 members (excludes halogenated alkanes) is 2. The molecule has 0 amide bonds. The molecule has 0 aliphatic carbocycles. The van der Waals surface area contributed by atoms with Crippen LogP contribution in [0.4, 0.5) is 0 Å². The van der Waals surface area contributed by atoms with Crippen molar-refractivity contribution in [1.29, 1.82) is 0 Å². The topological polar surface area (TPSA) is 18.5 Å². The van der Waals surface area contributed by atoms with E-state index >= 15 is 0 Å². The molecule has 0 aliphatic rings. The maximum Gasteiger partial charge on any atom is 0.259 e. The van der Waals surface area contributed by atoms with E-state index < -0.39 is 0 Å². The smallest absolute Gasteiger partial charge is 0.259 e. The Labute approximate surface area is 184 Å². The molecule has 3 nitrogen and oxygen atoms in total. The lowest BCUT2D eigenvalue weighted by molar-refractivity contribution is -0.940. The Kier molecular flexibility index (Phi) is 10.4. The van der Waals surface area contributed by atoms with Crippen molar-refractivity contribution in [2.45, 2.75) is 59.1 Å². The van der Waals surface area contributed by atoms with Crippen molar-refractivity contribution in [3.8, 4) is 5.75 Å². The molecule has 2 aromatic rings. The van der Waals surface area contributed by atoms with Crippen molar-refractivity contribution < 1.29 is 14.0 Å². The third-order valence-corrected chi connectivity index (χ3v) is 5.65. The maximum atomic E-state index is 6.49.